The molecule has 2 saturated carbocycles. The van der Waals surface area contributed by atoms with Crippen LogP contribution in [0.5, 0.6) is 0 Å². The second kappa shape index (κ2) is 11.8. The predicted octanol–water partition coefficient (Wildman–Crippen LogP) is 6.08. The van der Waals surface area contributed by atoms with E-state index in [9.17, 15) is 9.50 Å². The molecule has 0 aromatic carbocycles. The summed E-state index contributed by atoms with van der Waals surface area (Å²) in [6, 6.07) is 3.90. The standard InChI is InChI=1S/C28H40ClFN6O/c1-28(30)11-6-19(7-12-28)18-36-14-9-20(10-15-36)24-17-32-27(34-22-8-13-31-25(29)16-22)35-26(24)33-21-2-4-23(37)5-3-21/h8,13,16-17,19-21,23,37H,2-7,9-12,14-15,18H2,1H3,(H2,31,32,33,34,35). The van der Waals surface area contributed by atoms with Gasteiger partial charge in [-0.2, -0.15) is 4.98 Å². The average Bonchev–Trinajstić information content (AvgIpc) is 2.88. The number of nitrogens with zero attached hydrogens (tertiary/aromatic N) is 4. The normalized spacial score (nSPS) is 29.7. The number of hydrogen-bond donors (Lipinski definition) is 3. The third kappa shape index (κ3) is 7.30. The molecule has 0 amide bonds. The summed E-state index contributed by atoms with van der Waals surface area (Å²) >= 11 is 6.05. The van der Waals surface area contributed by atoms with Crippen LogP contribution in [0.15, 0.2) is 24.5 Å². The maximum atomic E-state index is 14.2. The Kier molecular flexibility index (Phi) is 8.47. The molecule has 7 nitrogen and oxygen atoms in total. The van der Waals surface area contributed by atoms with Crippen LogP contribution in [0.4, 0.5) is 21.8 Å². The number of alkyl halides is 1. The molecular weight excluding hydrogens is 491 g/mol. The first-order valence-electron chi connectivity index (χ1n) is 13.9. The number of hydrogen-bond acceptors (Lipinski definition) is 7. The first-order valence-corrected chi connectivity index (χ1v) is 14.3. The number of rotatable bonds is 7. The molecule has 37 heavy (non-hydrogen) atoms. The number of aliphatic hydroxyl groups is 1. The third-order valence-electron chi connectivity index (χ3n) is 8.53. The van der Waals surface area contributed by atoms with Crippen LogP contribution in [-0.2, 0) is 0 Å². The highest BCUT2D eigenvalue weighted by Crippen LogP contribution is 2.37. The van der Waals surface area contributed by atoms with Gasteiger partial charge in [0, 0.05) is 36.2 Å². The lowest BCUT2D eigenvalue weighted by Crippen LogP contribution is -2.39. The Morgan fingerprint density at radius 1 is 1.08 bits per heavy atom. The van der Waals surface area contributed by atoms with E-state index in [1.807, 2.05) is 12.3 Å². The van der Waals surface area contributed by atoms with Gasteiger partial charge in [-0.15, -0.1) is 0 Å². The monoisotopic (exact) mass is 530 g/mol. The van der Waals surface area contributed by atoms with Crippen LogP contribution >= 0.6 is 11.6 Å². The Morgan fingerprint density at radius 3 is 2.51 bits per heavy atom. The first kappa shape index (κ1) is 26.6. The lowest BCUT2D eigenvalue weighted by atomic mass is 9.80. The highest BCUT2D eigenvalue weighted by molar-refractivity contribution is 6.29. The summed E-state index contributed by atoms with van der Waals surface area (Å²) in [6.45, 7) is 4.95. The van der Waals surface area contributed by atoms with E-state index in [2.05, 4.69) is 25.5 Å². The zero-order valence-corrected chi connectivity index (χ0v) is 22.6. The Hall–Kier alpha value is -2.03. The van der Waals surface area contributed by atoms with Gasteiger partial charge in [-0.3, -0.25) is 0 Å². The maximum Gasteiger partial charge on any atom is 0.229 e. The van der Waals surface area contributed by atoms with Gasteiger partial charge >= 0.3 is 0 Å². The lowest BCUT2D eigenvalue weighted by Gasteiger charge is -2.38. The van der Waals surface area contributed by atoms with E-state index in [-0.39, 0.29) is 6.10 Å². The molecule has 1 saturated heterocycles. The van der Waals surface area contributed by atoms with Gasteiger partial charge in [0.05, 0.1) is 6.10 Å². The molecule has 0 radical (unpaired) electrons. The van der Waals surface area contributed by atoms with Crippen LogP contribution in [0.1, 0.15) is 82.6 Å². The minimum atomic E-state index is -0.964. The largest absolute Gasteiger partial charge is 0.393 e. The van der Waals surface area contributed by atoms with Crippen LogP contribution in [0.2, 0.25) is 5.15 Å². The molecule has 2 aliphatic carbocycles. The van der Waals surface area contributed by atoms with Crippen LogP contribution in [0.3, 0.4) is 0 Å². The van der Waals surface area contributed by atoms with E-state index in [1.165, 1.54) is 5.56 Å². The van der Waals surface area contributed by atoms with Crippen molar-refractivity contribution in [2.24, 2.45) is 5.92 Å². The van der Waals surface area contributed by atoms with Crippen molar-refractivity contribution in [3.8, 4) is 0 Å². The molecule has 202 valence electrons. The number of piperidine rings is 1. The quantitative estimate of drug-likeness (QED) is 0.374. The molecule has 0 atom stereocenters. The number of likely N-dealkylation sites (tertiary alicyclic amines) is 1. The number of anilines is 3. The SMILES string of the molecule is CC1(F)CCC(CN2CCC(c3cnc(Nc4ccnc(Cl)c4)nc3NC3CCC(O)CC3)CC2)CC1. The molecule has 0 unspecified atom stereocenters. The molecule has 2 aromatic rings. The van der Waals surface area contributed by atoms with Crippen LogP contribution in [0.25, 0.3) is 0 Å². The minimum Gasteiger partial charge on any atom is -0.393 e. The Labute approximate surface area is 224 Å². The molecular formula is C28H40ClFN6O. The Morgan fingerprint density at radius 2 is 1.81 bits per heavy atom. The van der Waals surface area contributed by atoms with Crippen LogP contribution in [0, 0.1) is 5.92 Å². The van der Waals surface area contributed by atoms with Crippen molar-refractivity contribution in [1.29, 1.82) is 0 Å². The van der Waals surface area contributed by atoms with Gasteiger partial charge in [-0.05, 0) is 108 Å². The van der Waals surface area contributed by atoms with Crippen molar-refractivity contribution < 1.29 is 9.50 Å². The topological polar surface area (TPSA) is 86.2 Å². The van der Waals surface area contributed by atoms with Crippen molar-refractivity contribution in [2.75, 3.05) is 30.3 Å². The second-order valence-electron chi connectivity index (χ2n) is 11.6. The lowest BCUT2D eigenvalue weighted by molar-refractivity contribution is 0.0814. The highest BCUT2D eigenvalue weighted by Gasteiger charge is 2.32. The number of halogens is 2. The molecule has 3 aliphatic rings. The van der Waals surface area contributed by atoms with Crippen molar-refractivity contribution in [1.82, 2.24) is 19.9 Å². The third-order valence-corrected chi connectivity index (χ3v) is 8.74. The molecule has 3 fully saturated rings. The summed E-state index contributed by atoms with van der Waals surface area (Å²) in [5.74, 6) is 2.44. The van der Waals surface area contributed by atoms with Gasteiger partial charge in [0.2, 0.25) is 5.95 Å². The van der Waals surface area contributed by atoms with Gasteiger partial charge in [-0.25, -0.2) is 14.4 Å². The fourth-order valence-corrected chi connectivity index (χ4v) is 6.32. The number of nitrogens with one attached hydrogen (secondary N) is 2. The second-order valence-corrected chi connectivity index (χ2v) is 12.0. The smallest absolute Gasteiger partial charge is 0.229 e. The van der Waals surface area contributed by atoms with Gasteiger partial charge in [0.15, 0.2) is 0 Å². The van der Waals surface area contributed by atoms with E-state index in [0.29, 0.717) is 41.8 Å². The molecule has 3 N–H and O–H groups in total. The van der Waals surface area contributed by atoms with E-state index in [1.54, 1.807) is 19.2 Å². The number of pyridine rings is 1. The highest BCUT2D eigenvalue weighted by atomic mass is 35.5. The molecule has 9 heteroatoms. The van der Waals surface area contributed by atoms with Crippen molar-refractivity contribution >= 4 is 29.1 Å². The van der Waals surface area contributed by atoms with E-state index < -0.39 is 5.67 Å². The van der Waals surface area contributed by atoms with Gasteiger partial charge < -0.3 is 20.6 Å². The minimum absolute atomic E-state index is 0.191. The summed E-state index contributed by atoms with van der Waals surface area (Å²) in [5.41, 5.74) is 1.01. The Bertz CT molecular complexity index is 1030. The summed E-state index contributed by atoms with van der Waals surface area (Å²) in [6.07, 6.45) is 12.5. The van der Waals surface area contributed by atoms with Crippen molar-refractivity contribution in [2.45, 2.75) is 94.9 Å². The zero-order valence-electron chi connectivity index (χ0n) is 21.8. The van der Waals surface area contributed by atoms with Crippen LogP contribution in [-0.4, -0.2) is 62.4 Å². The molecule has 3 heterocycles. The van der Waals surface area contributed by atoms with Crippen molar-refractivity contribution in [3.63, 3.8) is 0 Å². The summed E-state index contributed by atoms with van der Waals surface area (Å²) in [4.78, 5) is 16.2. The summed E-state index contributed by atoms with van der Waals surface area (Å²) < 4.78 is 14.2. The van der Waals surface area contributed by atoms with E-state index >= 15 is 0 Å². The molecule has 0 spiro atoms. The molecule has 0 bridgehead atoms. The molecule has 2 aromatic heterocycles. The van der Waals surface area contributed by atoms with Gasteiger partial charge in [-0.1, -0.05) is 11.6 Å². The average molecular weight is 531 g/mol. The fraction of sp³-hybridized carbons (Fsp3) is 0.679. The van der Waals surface area contributed by atoms with Crippen molar-refractivity contribution in [3.05, 3.63) is 35.2 Å². The van der Waals surface area contributed by atoms with Gasteiger partial charge in [0.1, 0.15) is 16.6 Å². The first-order chi connectivity index (χ1) is 17.8. The fourth-order valence-electron chi connectivity index (χ4n) is 6.14. The zero-order chi connectivity index (χ0) is 25.8. The van der Waals surface area contributed by atoms with E-state index in [0.717, 1.165) is 82.5 Å². The summed E-state index contributed by atoms with van der Waals surface area (Å²) in [5, 5.41) is 17.3. The van der Waals surface area contributed by atoms with Gasteiger partial charge in [0.25, 0.3) is 0 Å². The van der Waals surface area contributed by atoms with Crippen LogP contribution < -0.4 is 10.6 Å². The summed E-state index contributed by atoms with van der Waals surface area (Å²) in [7, 11) is 0. The van der Waals surface area contributed by atoms with E-state index in [4.69, 9.17) is 16.6 Å². The molecule has 1 aliphatic heterocycles. The molecule has 5 rings (SSSR count). The number of aliphatic hydroxyl groups excluding tert-OH is 1. The Balaban J connectivity index is 1.25. The predicted molar refractivity (Wildman–Crippen MR) is 146 cm³/mol. The maximum absolute atomic E-state index is 14.2. The number of aromatic nitrogens is 3.